The number of para-hydroxylation sites is 1. The standard InChI is InChI=1S/C23H23FN2O3/c1-15-18-3-2-4-19(24)22(18)29-21(15)23(27)26-10-8-25(9-11-26)14-16-5-6-20-17(13-16)7-12-28-20/h2-6,13H,7-12,14H2,1H3. The summed E-state index contributed by atoms with van der Waals surface area (Å²) in [6.07, 6.45) is 0.975. The number of rotatable bonds is 3. The summed E-state index contributed by atoms with van der Waals surface area (Å²) in [6, 6.07) is 11.2. The Morgan fingerprint density at radius 2 is 1.97 bits per heavy atom. The third kappa shape index (κ3) is 3.27. The Labute approximate surface area is 168 Å². The van der Waals surface area contributed by atoms with Crippen LogP contribution in [0.4, 0.5) is 4.39 Å². The lowest BCUT2D eigenvalue weighted by Crippen LogP contribution is -2.48. The largest absolute Gasteiger partial charge is 0.493 e. The van der Waals surface area contributed by atoms with E-state index in [1.165, 1.54) is 17.2 Å². The molecule has 29 heavy (non-hydrogen) atoms. The number of aryl methyl sites for hydroxylation is 1. The van der Waals surface area contributed by atoms with Gasteiger partial charge in [0.1, 0.15) is 5.75 Å². The Kier molecular flexibility index (Phi) is 4.51. The predicted octanol–water partition coefficient (Wildman–Crippen LogP) is 3.77. The fourth-order valence-corrected chi connectivity index (χ4v) is 4.26. The molecule has 0 aliphatic carbocycles. The van der Waals surface area contributed by atoms with E-state index in [0.29, 0.717) is 24.0 Å². The third-order valence-electron chi connectivity index (χ3n) is 5.93. The van der Waals surface area contributed by atoms with Crippen LogP contribution in [0.1, 0.15) is 27.2 Å². The fourth-order valence-electron chi connectivity index (χ4n) is 4.26. The lowest BCUT2D eigenvalue weighted by atomic mass is 10.1. The number of halogens is 1. The summed E-state index contributed by atoms with van der Waals surface area (Å²) < 4.78 is 25.2. The first-order chi connectivity index (χ1) is 14.1. The number of ether oxygens (including phenoxy) is 1. The minimum absolute atomic E-state index is 0.160. The summed E-state index contributed by atoms with van der Waals surface area (Å²) in [6.45, 7) is 6.30. The van der Waals surface area contributed by atoms with E-state index in [1.54, 1.807) is 17.0 Å². The van der Waals surface area contributed by atoms with E-state index in [9.17, 15) is 9.18 Å². The number of hydrogen-bond donors (Lipinski definition) is 0. The van der Waals surface area contributed by atoms with Gasteiger partial charge in [0.15, 0.2) is 17.2 Å². The number of fused-ring (bicyclic) bond motifs is 2. The summed E-state index contributed by atoms with van der Waals surface area (Å²) in [7, 11) is 0. The summed E-state index contributed by atoms with van der Waals surface area (Å²) in [4.78, 5) is 17.1. The van der Waals surface area contributed by atoms with Crippen LogP contribution in [0.15, 0.2) is 40.8 Å². The molecule has 0 atom stereocenters. The number of hydrogen-bond acceptors (Lipinski definition) is 4. The van der Waals surface area contributed by atoms with Gasteiger partial charge >= 0.3 is 0 Å². The highest BCUT2D eigenvalue weighted by molar-refractivity contribution is 5.99. The number of amides is 1. The van der Waals surface area contributed by atoms with Gasteiger partial charge in [-0.25, -0.2) is 4.39 Å². The molecule has 150 valence electrons. The second-order valence-corrected chi connectivity index (χ2v) is 7.78. The van der Waals surface area contributed by atoms with E-state index in [2.05, 4.69) is 23.1 Å². The summed E-state index contributed by atoms with van der Waals surface area (Å²) in [5.74, 6) is 0.653. The lowest BCUT2D eigenvalue weighted by molar-refractivity contribution is 0.0599. The van der Waals surface area contributed by atoms with Crippen LogP contribution in [0, 0.1) is 12.7 Å². The molecule has 5 nitrogen and oxygen atoms in total. The Morgan fingerprint density at radius 1 is 1.14 bits per heavy atom. The zero-order valence-electron chi connectivity index (χ0n) is 16.4. The fraction of sp³-hybridized carbons (Fsp3) is 0.348. The first-order valence-electron chi connectivity index (χ1n) is 10.0. The van der Waals surface area contributed by atoms with Gasteiger partial charge in [0.2, 0.25) is 0 Å². The van der Waals surface area contributed by atoms with Gasteiger partial charge in [0, 0.05) is 50.1 Å². The van der Waals surface area contributed by atoms with Gasteiger partial charge in [0.05, 0.1) is 6.61 Å². The van der Waals surface area contributed by atoms with Gasteiger partial charge < -0.3 is 14.1 Å². The second-order valence-electron chi connectivity index (χ2n) is 7.78. The number of carbonyl (C=O) groups excluding carboxylic acids is 1. The molecule has 2 aliphatic heterocycles. The summed E-state index contributed by atoms with van der Waals surface area (Å²) in [5.41, 5.74) is 3.42. The Bertz CT molecular complexity index is 1080. The summed E-state index contributed by atoms with van der Waals surface area (Å²) in [5, 5.41) is 0.660. The molecule has 2 aromatic carbocycles. The van der Waals surface area contributed by atoms with Crippen molar-refractivity contribution in [3.05, 3.63) is 64.7 Å². The Hall–Kier alpha value is -2.86. The monoisotopic (exact) mass is 394 g/mol. The topological polar surface area (TPSA) is 45.9 Å². The smallest absolute Gasteiger partial charge is 0.289 e. The number of nitrogens with zero attached hydrogens (tertiary/aromatic N) is 2. The Morgan fingerprint density at radius 3 is 2.76 bits per heavy atom. The molecule has 6 heteroatoms. The minimum Gasteiger partial charge on any atom is -0.493 e. The van der Waals surface area contributed by atoms with Crippen molar-refractivity contribution in [3.63, 3.8) is 0 Å². The van der Waals surface area contributed by atoms with Crippen molar-refractivity contribution in [1.29, 1.82) is 0 Å². The van der Waals surface area contributed by atoms with Crippen LogP contribution in [0.2, 0.25) is 0 Å². The van der Waals surface area contributed by atoms with Crippen LogP contribution in [0.25, 0.3) is 11.0 Å². The summed E-state index contributed by atoms with van der Waals surface area (Å²) >= 11 is 0. The van der Waals surface area contributed by atoms with E-state index < -0.39 is 5.82 Å². The van der Waals surface area contributed by atoms with Crippen molar-refractivity contribution in [2.45, 2.75) is 19.9 Å². The molecule has 0 saturated carbocycles. The third-order valence-corrected chi connectivity index (χ3v) is 5.93. The molecule has 2 aliphatic rings. The molecule has 0 bridgehead atoms. The average Bonchev–Trinajstić information content (AvgIpc) is 3.33. The molecule has 3 aromatic rings. The van der Waals surface area contributed by atoms with Gasteiger partial charge in [-0.15, -0.1) is 0 Å². The predicted molar refractivity (Wildman–Crippen MR) is 108 cm³/mol. The molecule has 1 saturated heterocycles. The highest BCUT2D eigenvalue weighted by Gasteiger charge is 2.27. The number of carbonyl (C=O) groups is 1. The van der Waals surface area contributed by atoms with Gasteiger partial charge in [-0.05, 0) is 30.2 Å². The second kappa shape index (κ2) is 7.19. The molecular weight excluding hydrogens is 371 g/mol. The molecule has 3 heterocycles. The highest BCUT2D eigenvalue weighted by atomic mass is 19.1. The Balaban J connectivity index is 1.25. The molecule has 0 N–H and O–H groups in total. The lowest BCUT2D eigenvalue weighted by Gasteiger charge is -2.34. The molecule has 5 rings (SSSR count). The van der Waals surface area contributed by atoms with Crippen LogP contribution >= 0.6 is 0 Å². The number of benzene rings is 2. The average molecular weight is 394 g/mol. The molecule has 1 aromatic heterocycles. The van der Waals surface area contributed by atoms with Gasteiger partial charge in [-0.1, -0.05) is 24.3 Å². The zero-order valence-corrected chi connectivity index (χ0v) is 16.4. The van der Waals surface area contributed by atoms with Crippen LogP contribution in [-0.4, -0.2) is 48.5 Å². The minimum atomic E-state index is -0.436. The SMILES string of the molecule is Cc1c(C(=O)N2CCN(Cc3ccc4c(c3)CCO4)CC2)oc2c(F)cccc12. The molecule has 0 radical (unpaired) electrons. The van der Waals surface area contributed by atoms with E-state index >= 15 is 0 Å². The van der Waals surface area contributed by atoms with Gasteiger partial charge in [0.25, 0.3) is 5.91 Å². The normalized spacial score (nSPS) is 16.8. The van der Waals surface area contributed by atoms with Gasteiger partial charge in [-0.2, -0.15) is 0 Å². The van der Waals surface area contributed by atoms with Gasteiger partial charge in [-0.3, -0.25) is 9.69 Å². The molecule has 0 unspecified atom stereocenters. The van der Waals surface area contributed by atoms with Crippen molar-refractivity contribution in [2.75, 3.05) is 32.8 Å². The maximum absolute atomic E-state index is 14.0. The van der Waals surface area contributed by atoms with Crippen molar-refractivity contribution in [2.24, 2.45) is 0 Å². The van der Waals surface area contributed by atoms with E-state index in [1.807, 2.05) is 6.92 Å². The quantitative estimate of drug-likeness (QED) is 0.678. The maximum atomic E-state index is 14.0. The maximum Gasteiger partial charge on any atom is 0.289 e. The first-order valence-corrected chi connectivity index (χ1v) is 10.0. The van der Waals surface area contributed by atoms with E-state index in [0.717, 1.165) is 38.4 Å². The van der Waals surface area contributed by atoms with E-state index in [-0.39, 0.29) is 17.3 Å². The molecule has 1 fully saturated rings. The van der Waals surface area contributed by atoms with Crippen molar-refractivity contribution in [3.8, 4) is 5.75 Å². The van der Waals surface area contributed by atoms with Crippen molar-refractivity contribution in [1.82, 2.24) is 9.80 Å². The van der Waals surface area contributed by atoms with Crippen LogP contribution in [0.3, 0.4) is 0 Å². The van der Waals surface area contributed by atoms with Crippen LogP contribution in [-0.2, 0) is 13.0 Å². The highest BCUT2D eigenvalue weighted by Crippen LogP contribution is 2.29. The first kappa shape index (κ1) is 18.2. The molecular formula is C23H23FN2O3. The van der Waals surface area contributed by atoms with Crippen molar-refractivity contribution >= 4 is 16.9 Å². The molecule has 1 amide bonds. The van der Waals surface area contributed by atoms with Crippen LogP contribution < -0.4 is 4.74 Å². The van der Waals surface area contributed by atoms with E-state index in [4.69, 9.17) is 9.15 Å². The zero-order chi connectivity index (χ0) is 20.0. The van der Waals surface area contributed by atoms with Crippen LogP contribution in [0.5, 0.6) is 5.75 Å². The molecule has 0 spiro atoms. The number of piperazine rings is 1. The van der Waals surface area contributed by atoms with Crippen molar-refractivity contribution < 1.29 is 18.3 Å². The number of furan rings is 1.